The minimum atomic E-state index is 0.456. The Kier molecular flexibility index (Phi) is 3.64. The normalized spacial score (nSPS) is 10.5. The first-order valence-corrected chi connectivity index (χ1v) is 6.21. The summed E-state index contributed by atoms with van der Waals surface area (Å²) in [6.45, 7) is 0.832. The van der Waals surface area contributed by atoms with Gasteiger partial charge in [-0.1, -0.05) is 12.1 Å². The second kappa shape index (κ2) is 4.99. The maximum atomic E-state index is 5.78. The Balaban J connectivity index is 2.18. The molecule has 15 heavy (non-hydrogen) atoms. The highest BCUT2D eigenvalue weighted by molar-refractivity contribution is 14.1. The van der Waals surface area contributed by atoms with E-state index < -0.39 is 0 Å². The molecule has 0 aliphatic heterocycles. The maximum Gasteiger partial charge on any atom is 0.123 e. The minimum absolute atomic E-state index is 0.456. The molecule has 1 aromatic heterocycles. The monoisotopic (exact) mass is 332 g/mol. The van der Waals surface area contributed by atoms with Crippen LogP contribution in [0.2, 0.25) is 0 Å². The Bertz CT molecular complexity index is 436. The fourth-order valence-electron chi connectivity index (χ4n) is 1.40. The van der Waals surface area contributed by atoms with Crippen molar-refractivity contribution < 1.29 is 0 Å². The van der Waals surface area contributed by atoms with E-state index in [0.29, 0.717) is 5.88 Å². The zero-order chi connectivity index (χ0) is 10.7. The smallest absolute Gasteiger partial charge is 0.123 e. The SMILES string of the molecule is ClCc1nccn1Cc1ccc(I)cc1. The first-order valence-electron chi connectivity index (χ1n) is 4.60. The molecule has 0 bridgehead atoms. The minimum Gasteiger partial charge on any atom is -0.330 e. The first-order chi connectivity index (χ1) is 7.29. The molecule has 0 radical (unpaired) electrons. The lowest BCUT2D eigenvalue weighted by molar-refractivity contribution is 0.755. The third-order valence-electron chi connectivity index (χ3n) is 2.19. The van der Waals surface area contributed by atoms with Crippen LogP contribution >= 0.6 is 34.2 Å². The molecule has 0 fully saturated rings. The van der Waals surface area contributed by atoms with E-state index in [4.69, 9.17) is 11.6 Å². The van der Waals surface area contributed by atoms with E-state index in [1.165, 1.54) is 9.13 Å². The molecule has 0 saturated carbocycles. The largest absolute Gasteiger partial charge is 0.330 e. The van der Waals surface area contributed by atoms with Gasteiger partial charge in [0.25, 0.3) is 0 Å². The van der Waals surface area contributed by atoms with Gasteiger partial charge in [-0.3, -0.25) is 0 Å². The Morgan fingerprint density at radius 3 is 2.67 bits per heavy atom. The van der Waals surface area contributed by atoms with Gasteiger partial charge in [-0.2, -0.15) is 0 Å². The van der Waals surface area contributed by atoms with Gasteiger partial charge in [0.05, 0.1) is 5.88 Å². The van der Waals surface area contributed by atoms with Crippen LogP contribution in [0.4, 0.5) is 0 Å². The first kappa shape index (κ1) is 11.0. The van der Waals surface area contributed by atoms with Gasteiger partial charge >= 0.3 is 0 Å². The van der Waals surface area contributed by atoms with E-state index in [9.17, 15) is 0 Å². The molecule has 2 nitrogen and oxygen atoms in total. The summed E-state index contributed by atoms with van der Waals surface area (Å²) < 4.78 is 3.31. The van der Waals surface area contributed by atoms with Gasteiger partial charge in [0.1, 0.15) is 5.82 Å². The van der Waals surface area contributed by atoms with E-state index in [0.717, 1.165) is 12.4 Å². The van der Waals surface area contributed by atoms with Crippen molar-refractivity contribution in [2.45, 2.75) is 12.4 Å². The Morgan fingerprint density at radius 2 is 2.00 bits per heavy atom. The van der Waals surface area contributed by atoms with Crippen molar-refractivity contribution in [3.63, 3.8) is 0 Å². The standard InChI is InChI=1S/C11H10ClIN2/c12-7-11-14-5-6-15(11)8-9-1-3-10(13)4-2-9/h1-6H,7-8H2. The number of rotatable bonds is 3. The number of hydrogen-bond acceptors (Lipinski definition) is 1. The van der Waals surface area contributed by atoms with Crippen LogP contribution in [-0.2, 0) is 12.4 Å². The second-order valence-corrected chi connectivity index (χ2v) is 4.74. The third kappa shape index (κ3) is 2.72. The summed E-state index contributed by atoms with van der Waals surface area (Å²) >= 11 is 8.08. The Morgan fingerprint density at radius 1 is 1.27 bits per heavy atom. The van der Waals surface area contributed by atoms with E-state index in [-0.39, 0.29) is 0 Å². The molecule has 2 aromatic rings. The van der Waals surface area contributed by atoms with Crippen molar-refractivity contribution >= 4 is 34.2 Å². The van der Waals surface area contributed by atoms with Gasteiger partial charge < -0.3 is 4.57 Å². The van der Waals surface area contributed by atoms with Crippen molar-refractivity contribution in [1.82, 2.24) is 9.55 Å². The fraction of sp³-hybridized carbons (Fsp3) is 0.182. The van der Waals surface area contributed by atoms with Crippen LogP contribution in [0.5, 0.6) is 0 Å². The summed E-state index contributed by atoms with van der Waals surface area (Å²) in [6, 6.07) is 8.46. The van der Waals surface area contributed by atoms with Crippen LogP contribution in [0.1, 0.15) is 11.4 Å². The average Bonchev–Trinajstić information content (AvgIpc) is 2.69. The van der Waals surface area contributed by atoms with Gasteiger partial charge in [0, 0.05) is 22.5 Å². The molecule has 0 atom stereocenters. The lowest BCUT2D eigenvalue weighted by Gasteiger charge is -2.05. The highest BCUT2D eigenvalue weighted by Gasteiger charge is 2.01. The summed E-state index contributed by atoms with van der Waals surface area (Å²) in [5.41, 5.74) is 1.26. The van der Waals surface area contributed by atoms with E-state index in [1.54, 1.807) is 6.20 Å². The Labute approximate surface area is 107 Å². The molecular weight excluding hydrogens is 322 g/mol. The van der Waals surface area contributed by atoms with Crippen molar-refractivity contribution in [2.24, 2.45) is 0 Å². The molecule has 0 amide bonds. The van der Waals surface area contributed by atoms with Crippen molar-refractivity contribution in [2.75, 3.05) is 0 Å². The lowest BCUT2D eigenvalue weighted by Crippen LogP contribution is -2.02. The summed E-state index contributed by atoms with van der Waals surface area (Å²) in [5.74, 6) is 1.37. The molecule has 0 aliphatic rings. The quantitative estimate of drug-likeness (QED) is 0.623. The number of benzene rings is 1. The number of aromatic nitrogens is 2. The molecule has 0 saturated heterocycles. The molecule has 1 heterocycles. The summed E-state index contributed by atoms with van der Waals surface area (Å²) in [6.07, 6.45) is 3.74. The van der Waals surface area contributed by atoms with E-state index in [2.05, 4.69) is 56.4 Å². The molecule has 2 rings (SSSR count). The molecule has 0 aliphatic carbocycles. The van der Waals surface area contributed by atoms with Crippen LogP contribution in [0.25, 0.3) is 0 Å². The predicted octanol–water partition coefficient (Wildman–Crippen LogP) is 3.27. The topological polar surface area (TPSA) is 17.8 Å². The van der Waals surface area contributed by atoms with Gasteiger partial charge in [-0.15, -0.1) is 11.6 Å². The second-order valence-electron chi connectivity index (χ2n) is 3.23. The summed E-state index contributed by atoms with van der Waals surface area (Å²) in [5, 5.41) is 0. The molecule has 4 heteroatoms. The van der Waals surface area contributed by atoms with Gasteiger partial charge in [0.2, 0.25) is 0 Å². The van der Waals surface area contributed by atoms with Gasteiger partial charge in [-0.25, -0.2) is 4.98 Å². The van der Waals surface area contributed by atoms with Crippen LogP contribution in [0.15, 0.2) is 36.7 Å². The number of nitrogens with zero attached hydrogens (tertiary/aromatic N) is 2. The van der Waals surface area contributed by atoms with Crippen molar-refractivity contribution in [1.29, 1.82) is 0 Å². The molecule has 78 valence electrons. The average molecular weight is 333 g/mol. The van der Waals surface area contributed by atoms with Crippen LogP contribution < -0.4 is 0 Å². The Hall–Kier alpha value is -0.550. The van der Waals surface area contributed by atoms with Crippen LogP contribution in [-0.4, -0.2) is 9.55 Å². The number of hydrogen-bond donors (Lipinski definition) is 0. The molecule has 0 spiro atoms. The number of halogens is 2. The van der Waals surface area contributed by atoms with Gasteiger partial charge in [-0.05, 0) is 40.3 Å². The fourth-order valence-corrected chi connectivity index (χ4v) is 1.98. The number of alkyl halides is 1. The number of imidazole rings is 1. The lowest BCUT2D eigenvalue weighted by atomic mass is 10.2. The molecule has 0 N–H and O–H groups in total. The van der Waals surface area contributed by atoms with E-state index >= 15 is 0 Å². The van der Waals surface area contributed by atoms with Gasteiger partial charge in [0.15, 0.2) is 0 Å². The molecule has 0 unspecified atom stereocenters. The van der Waals surface area contributed by atoms with E-state index in [1.807, 2.05) is 6.20 Å². The third-order valence-corrected chi connectivity index (χ3v) is 3.15. The van der Waals surface area contributed by atoms with Crippen LogP contribution in [0.3, 0.4) is 0 Å². The molecular formula is C11H10ClIN2. The zero-order valence-electron chi connectivity index (χ0n) is 8.03. The summed E-state index contributed by atoms with van der Waals surface area (Å²) in [7, 11) is 0. The van der Waals surface area contributed by atoms with Crippen LogP contribution in [0, 0.1) is 3.57 Å². The highest BCUT2D eigenvalue weighted by Crippen LogP contribution is 2.10. The van der Waals surface area contributed by atoms with Crippen molar-refractivity contribution in [3.05, 3.63) is 51.6 Å². The molecule has 1 aromatic carbocycles. The predicted molar refractivity (Wildman–Crippen MR) is 70.0 cm³/mol. The highest BCUT2D eigenvalue weighted by atomic mass is 127. The maximum absolute atomic E-state index is 5.78. The van der Waals surface area contributed by atoms with Crippen molar-refractivity contribution in [3.8, 4) is 0 Å². The zero-order valence-corrected chi connectivity index (χ0v) is 10.9. The summed E-state index contributed by atoms with van der Waals surface area (Å²) in [4.78, 5) is 4.18.